The van der Waals surface area contributed by atoms with Crippen molar-refractivity contribution in [3.8, 4) is 5.75 Å². The van der Waals surface area contributed by atoms with Gasteiger partial charge in [-0.3, -0.25) is 0 Å². The molecule has 3 rings (SSSR count). The lowest BCUT2D eigenvalue weighted by atomic mass is 10.1. The zero-order chi connectivity index (χ0) is 21.6. The van der Waals surface area contributed by atoms with Crippen LogP contribution in [0, 0.1) is 0 Å². The molecule has 3 aromatic rings. The van der Waals surface area contributed by atoms with Crippen LogP contribution in [0.4, 0.5) is 0 Å². The second kappa shape index (κ2) is 11.5. The predicted octanol–water partition coefficient (Wildman–Crippen LogP) is 4.56. The minimum Gasteiger partial charge on any atom is -0.508 e. The quantitative estimate of drug-likeness (QED) is 0.390. The van der Waals surface area contributed by atoms with Crippen LogP contribution in [-0.4, -0.2) is 31.7 Å². The number of sulfone groups is 1. The molecule has 0 fully saturated rings. The standard InChI is InChI=1S/C23H24ClNO4S.ClH/c24-19-6-1-5-18(14-19)23(27)16-25-13-3-4-17-9-11-21(12-10-17)30(28,29)22-8-2-7-20(26)15-22;/h1-2,5-12,14-15,23,25-27H,3-4,13,16H2;1H/t23-;/m1./s1. The summed E-state index contributed by atoms with van der Waals surface area (Å²) in [5, 5.41) is 23.5. The fourth-order valence-corrected chi connectivity index (χ4v) is 4.61. The molecule has 8 heteroatoms. The minimum atomic E-state index is -3.66. The maximum Gasteiger partial charge on any atom is 0.206 e. The number of phenolic OH excluding ortho intramolecular Hbond substituents is 1. The van der Waals surface area contributed by atoms with Crippen LogP contribution in [-0.2, 0) is 16.3 Å². The predicted molar refractivity (Wildman–Crippen MR) is 125 cm³/mol. The lowest BCUT2D eigenvalue weighted by Crippen LogP contribution is -2.22. The molecule has 166 valence electrons. The fourth-order valence-electron chi connectivity index (χ4n) is 3.11. The molecule has 0 spiro atoms. The Morgan fingerprint density at radius 2 is 1.65 bits per heavy atom. The van der Waals surface area contributed by atoms with Crippen molar-refractivity contribution in [3.05, 3.63) is 88.9 Å². The molecule has 31 heavy (non-hydrogen) atoms. The number of aliphatic hydroxyl groups is 1. The summed E-state index contributed by atoms with van der Waals surface area (Å²) in [4.78, 5) is 0.261. The molecule has 0 saturated heterocycles. The van der Waals surface area contributed by atoms with Gasteiger partial charge in [0.15, 0.2) is 0 Å². The number of halogens is 2. The Morgan fingerprint density at radius 3 is 2.32 bits per heavy atom. The maximum atomic E-state index is 12.6. The number of rotatable bonds is 9. The largest absolute Gasteiger partial charge is 0.508 e. The van der Waals surface area contributed by atoms with Crippen LogP contribution < -0.4 is 5.32 Å². The van der Waals surface area contributed by atoms with Gasteiger partial charge in [-0.15, -0.1) is 12.4 Å². The minimum absolute atomic E-state index is 0. The van der Waals surface area contributed by atoms with Gasteiger partial charge in [-0.2, -0.15) is 0 Å². The molecule has 1 atom stereocenters. The van der Waals surface area contributed by atoms with E-state index in [1.165, 1.54) is 24.3 Å². The van der Waals surface area contributed by atoms with Gasteiger partial charge < -0.3 is 15.5 Å². The van der Waals surface area contributed by atoms with Gasteiger partial charge in [0.25, 0.3) is 0 Å². The average Bonchev–Trinajstić information content (AvgIpc) is 2.73. The lowest BCUT2D eigenvalue weighted by Gasteiger charge is -2.12. The molecule has 0 bridgehead atoms. The highest BCUT2D eigenvalue weighted by Gasteiger charge is 2.17. The van der Waals surface area contributed by atoms with Gasteiger partial charge in [-0.1, -0.05) is 41.9 Å². The van der Waals surface area contributed by atoms with E-state index in [-0.39, 0.29) is 27.9 Å². The van der Waals surface area contributed by atoms with E-state index < -0.39 is 15.9 Å². The summed E-state index contributed by atoms with van der Waals surface area (Å²) < 4.78 is 25.3. The van der Waals surface area contributed by atoms with E-state index in [1.807, 2.05) is 12.1 Å². The third-order valence-corrected chi connectivity index (χ3v) is 6.75. The van der Waals surface area contributed by atoms with Crippen molar-refractivity contribution in [2.45, 2.75) is 28.7 Å². The first-order valence-corrected chi connectivity index (χ1v) is 11.5. The summed E-state index contributed by atoms with van der Waals surface area (Å²) in [6.07, 6.45) is 1.01. The van der Waals surface area contributed by atoms with Crippen LogP contribution in [0.3, 0.4) is 0 Å². The van der Waals surface area contributed by atoms with Crippen LogP contribution in [0.1, 0.15) is 23.7 Å². The first-order valence-electron chi connectivity index (χ1n) is 9.63. The van der Waals surface area contributed by atoms with Gasteiger partial charge in [-0.25, -0.2) is 8.42 Å². The number of aromatic hydroxyl groups is 1. The Hall–Kier alpha value is -2.09. The fraction of sp³-hybridized carbons (Fsp3) is 0.217. The first-order chi connectivity index (χ1) is 14.4. The summed E-state index contributed by atoms with van der Waals surface area (Å²) in [5.41, 5.74) is 1.81. The molecule has 0 heterocycles. The Balaban J connectivity index is 0.00000341. The highest BCUT2D eigenvalue weighted by atomic mass is 35.5. The number of aliphatic hydroxyl groups excluding tert-OH is 1. The number of hydrogen-bond acceptors (Lipinski definition) is 5. The molecule has 0 radical (unpaired) electrons. The average molecular weight is 482 g/mol. The van der Waals surface area contributed by atoms with Gasteiger partial charge >= 0.3 is 0 Å². The van der Waals surface area contributed by atoms with Crippen LogP contribution >= 0.6 is 24.0 Å². The molecular formula is C23H25Cl2NO4S. The normalized spacial score (nSPS) is 12.2. The first kappa shape index (κ1) is 25.2. The second-order valence-corrected chi connectivity index (χ2v) is 9.41. The second-order valence-electron chi connectivity index (χ2n) is 7.02. The Morgan fingerprint density at radius 1 is 0.935 bits per heavy atom. The van der Waals surface area contributed by atoms with E-state index in [0.29, 0.717) is 11.6 Å². The monoisotopic (exact) mass is 481 g/mol. The smallest absolute Gasteiger partial charge is 0.206 e. The van der Waals surface area contributed by atoms with Gasteiger partial charge in [0, 0.05) is 11.6 Å². The van der Waals surface area contributed by atoms with Crippen LogP contribution in [0.15, 0.2) is 82.6 Å². The maximum absolute atomic E-state index is 12.6. The van der Waals surface area contributed by atoms with Gasteiger partial charge in [0.05, 0.1) is 15.9 Å². The van der Waals surface area contributed by atoms with E-state index in [4.69, 9.17) is 11.6 Å². The van der Waals surface area contributed by atoms with E-state index in [2.05, 4.69) is 5.32 Å². The van der Waals surface area contributed by atoms with Crippen LogP contribution in [0.25, 0.3) is 0 Å². The van der Waals surface area contributed by atoms with Gasteiger partial charge in [-0.05, 0) is 73.0 Å². The molecule has 0 amide bonds. The molecular weight excluding hydrogens is 457 g/mol. The highest BCUT2D eigenvalue weighted by molar-refractivity contribution is 7.91. The third-order valence-electron chi connectivity index (χ3n) is 4.75. The van der Waals surface area contributed by atoms with Crippen molar-refractivity contribution in [2.24, 2.45) is 0 Å². The molecule has 5 nitrogen and oxygen atoms in total. The van der Waals surface area contributed by atoms with Crippen molar-refractivity contribution in [3.63, 3.8) is 0 Å². The van der Waals surface area contributed by atoms with Gasteiger partial charge in [0.1, 0.15) is 5.75 Å². The summed E-state index contributed by atoms with van der Waals surface area (Å²) in [6.45, 7) is 1.16. The third kappa shape index (κ3) is 6.95. The topological polar surface area (TPSA) is 86.6 Å². The molecule has 3 N–H and O–H groups in total. The molecule has 0 unspecified atom stereocenters. The van der Waals surface area contributed by atoms with Crippen molar-refractivity contribution in [2.75, 3.05) is 13.1 Å². The molecule has 0 saturated carbocycles. The molecule has 0 aliphatic carbocycles. The Bertz CT molecular complexity index is 1090. The molecule has 0 aliphatic heterocycles. The Kier molecular flexibility index (Phi) is 9.34. The number of nitrogens with one attached hydrogen (secondary N) is 1. The summed E-state index contributed by atoms with van der Waals surface area (Å²) in [6, 6.07) is 19.6. The molecule has 0 aromatic heterocycles. The number of aryl methyl sites for hydroxylation is 1. The van der Waals surface area contributed by atoms with E-state index in [1.54, 1.807) is 36.4 Å². The summed E-state index contributed by atoms with van der Waals surface area (Å²) >= 11 is 5.94. The highest BCUT2D eigenvalue weighted by Crippen LogP contribution is 2.24. The number of phenols is 1. The number of benzene rings is 3. The van der Waals surface area contributed by atoms with Crippen molar-refractivity contribution < 1.29 is 18.6 Å². The zero-order valence-corrected chi connectivity index (χ0v) is 19.1. The van der Waals surface area contributed by atoms with Crippen molar-refractivity contribution >= 4 is 33.8 Å². The number of hydrogen-bond donors (Lipinski definition) is 3. The van der Waals surface area contributed by atoms with Crippen molar-refractivity contribution in [1.82, 2.24) is 5.32 Å². The van der Waals surface area contributed by atoms with Gasteiger partial charge in [0.2, 0.25) is 9.84 Å². The van der Waals surface area contributed by atoms with E-state index in [0.717, 1.165) is 30.5 Å². The summed E-state index contributed by atoms with van der Waals surface area (Å²) in [5.74, 6) is -0.0827. The van der Waals surface area contributed by atoms with E-state index >= 15 is 0 Å². The summed E-state index contributed by atoms with van der Waals surface area (Å²) in [7, 11) is -3.66. The molecule has 0 aliphatic rings. The zero-order valence-electron chi connectivity index (χ0n) is 16.7. The van der Waals surface area contributed by atoms with Crippen LogP contribution in [0.5, 0.6) is 5.75 Å². The molecule has 3 aromatic carbocycles. The van der Waals surface area contributed by atoms with Crippen LogP contribution in [0.2, 0.25) is 5.02 Å². The SMILES string of the molecule is Cl.O=S(=O)(c1ccc(CCCNC[C@@H](O)c2cccc(Cl)c2)cc1)c1cccc(O)c1. The van der Waals surface area contributed by atoms with E-state index in [9.17, 15) is 18.6 Å². The lowest BCUT2D eigenvalue weighted by molar-refractivity contribution is 0.175. The Labute approximate surface area is 194 Å². The van der Waals surface area contributed by atoms with Crippen molar-refractivity contribution in [1.29, 1.82) is 0 Å².